The third-order valence-corrected chi connectivity index (χ3v) is 2.00. The van der Waals surface area contributed by atoms with Crippen LogP contribution in [0.2, 0.25) is 0 Å². The molecule has 0 bridgehead atoms. The third-order valence-electron chi connectivity index (χ3n) is 2.00. The Balaban J connectivity index is 0. The number of hydrogen-bond donors (Lipinski definition) is 1. The van der Waals surface area contributed by atoms with Gasteiger partial charge in [0.15, 0.2) is 0 Å². The molecule has 0 aliphatic rings. The minimum Gasteiger partial charge on any atom is -0.365 e. The summed E-state index contributed by atoms with van der Waals surface area (Å²) in [6, 6.07) is 3.14. The van der Waals surface area contributed by atoms with Crippen molar-refractivity contribution >= 4 is 5.91 Å². The van der Waals surface area contributed by atoms with E-state index < -0.39 is 11.7 Å². The minimum absolute atomic E-state index is 0.00259. The van der Waals surface area contributed by atoms with Gasteiger partial charge in [0, 0.05) is 0 Å². The van der Waals surface area contributed by atoms with E-state index in [2.05, 4.69) is 0 Å². The van der Waals surface area contributed by atoms with E-state index in [0.29, 0.717) is 5.56 Å². The van der Waals surface area contributed by atoms with Gasteiger partial charge in [0.05, 0.1) is 5.56 Å². The number of rotatable bonds is 2. The summed E-state index contributed by atoms with van der Waals surface area (Å²) in [5.74, 6) is -1.23. The maximum Gasteiger partial charge on any atom is 0.251 e. The number of carbonyl (C=O) groups is 1. The van der Waals surface area contributed by atoms with Crippen LogP contribution in [-0.2, 0) is 6.42 Å². The van der Waals surface area contributed by atoms with E-state index in [9.17, 15) is 9.18 Å². The molecule has 0 aromatic heterocycles. The van der Waals surface area contributed by atoms with Crippen molar-refractivity contribution in [3.63, 3.8) is 0 Å². The van der Waals surface area contributed by atoms with Gasteiger partial charge in [0.2, 0.25) is 0 Å². The van der Waals surface area contributed by atoms with Gasteiger partial charge < -0.3 is 5.73 Å². The van der Waals surface area contributed by atoms with E-state index in [4.69, 9.17) is 5.73 Å². The van der Waals surface area contributed by atoms with Gasteiger partial charge in [-0.3, -0.25) is 4.79 Å². The first-order valence-corrected chi connectivity index (χ1v) is 6.15. The molecular formula is C14H24FNO. The van der Waals surface area contributed by atoms with E-state index in [1.807, 2.05) is 34.6 Å². The summed E-state index contributed by atoms with van der Waals surface area (Å²) in [5.41, 5.74) is 6.50. The lowest BCUT2D eigenvalue weighted by Gasteiger charge is -2.05. The van der Waals surface area contributed by atoms with Crippen molar-refractivity contribution in [2.24, 2.45) is 5.73 Å². The summed E-state index contributed by atoms with van der Waals surface area (Å²) in [6.07, 6.45) is 0.747. The van der Waals surface area contributed by atoms with Gasteiger partial charge in [-0.15, -0.1) is 0 Å². The molecule has 98 valence electrons. The van der Waals surface area contributed by atoms with E-state index in [1.54, 1.807) is 13.0 Å². The fourth-order valence-corrected chi connectivity index (χ4v) is 1.33. The van der Waals surface area contributed by atoms with Crippen LogP contribution in [-0.4, -0.2) is 5.91 Å². The van der Waals surface area contributed by atoms with Crippen LogP contribution in [0.4, 0.5) is 4.39 Å². The van der Waals surface area contributed by atoms with Crippen LogP contribution in [0.3, 0.4) is 0 Å². The van der Waals surface area contributed by atoms with Crippen molar-refractivity contribution in [1.29, 1.82) is 0 Å². The number of carbonyl (C=O) groups excluding carboxylic acids is 1. The number of benzene rings is 1. The van der Waals surface area contributed by atoms with Crippen LogP contribution < -0.4 is 5.73 Å². The number of aryl methyl sites for hydroxylation is 2. The fourth-order valence-electron chi connectivity index (χ4n) is 1.33. The number of amides is 1. The molecule has 0 saturated heterocycles. The molecule has 0 heterocycles. The van der Waals surface area contributed by atoms with Gasteiger partial charge in [-0.05, 0) is 30.5 Å². The van der Waals surface area contributed by atoms with E-state index in [1.165, 1.54) is 6.07 Å². The van der Waals surface area contributed by atoms with Crippen LogP contribution in [0.25, 0.3) is 0 Å². The van der Waals surface area contributed by atoms with Gasteiger partial charge in [0.25, 0.3) is 5.91 Å². The zero-order valence-electron chi connectivity index (χ0n) is 11.7. The molecule has 2 nitrogen and oxygen atoms in total. The monoisotopic (exact) mass is 241 g/mol. The van der Waals surface area contributed by atoms with E-state index >= 15 is 0 Å². The Kier molecular flexibility index (Phi) is 10.4. The first-order chi connectivity index (χ1) is 8.06. The average Bonchev–Trinajstić information content (AvgIpc) is 2.32. The maximum absolute atomic E-state index is 13.2. The van der Waals surface area contributed by atoms with Gasteiger partial charge in [-0.25, -0.2) is 4.39 Å². The molecule has 0 fully saturated rings. The molecule has 1 aromatic rings. The highest BCUT2D eigenvalue weighted by Crippen LogP contribution is 2.15. The second kappa shape index (κ2) is 9.82. The molecule has 0 atom stereocenters. The molecule has 0 aliphatic carbocycles. The smallest absolute Gasteiger partial charge is 0.251 e. The fraction of sp³-hybridized carbons (Fsp3) is 0.500. The third kappa shape index (κ3) is 5.48. The van der Waals surface area contributed by atoms with Crippen LogP contribution in [0, 0.1) is 12.7 Å². The van der Waals surface area contributed by atoms with Crippen molar-refractivity contribution in [3.8, 4) is 0 Å². The standard InChI is InChI=1S/C10H12FNO.2C2H6/c1-3-7-4-6(2)9(10(12)13)8(11)5-7;2*1-2/h4-5H,3H2,1-2H3,(H2,12,13);2*1-2H3. The average molecular weight is 241 g/mol. The predicted octanol–water partition coefficient (Wildman–Crippen LogP) is 3.85. The summed E-state index contributed by atoms with van der Waals surface area (Å²) < 4.78 is 13.2. The largest absolute Gasteiger partial charge is 0.365 e. The molecule has 0 unspecified atom stereocenters. The lowest BCUT2D eigenvalue weighted by molar-refractivity contribution is 0.0996. The van der Waals surface area contributed by atoms with Gasteiger partial charge in [0.1, 0.15) is 5.82 Å². The summed E-state index contributed by atoms with van der Waals surface area (Å²) >= 11 is 0. The lowest BCUT2D eigenvalue weighted by Crippen LogP contribution is -2.15. The van der Waals surface area contributed by atoms with E-state index in [-0.39, 0.29) is 5.56 Å². The topological polar surface area (TPSA) is 43.1 Å². The van der Waals surface area contributed by atoms with Crippen molar-refractivity contribution in [3.05, 3.63) is 34.6 Å². The van der Waals surface area contributed by atoms with Crippen LogP contribution in [0.1, 0.15) is 56.1 Å². The summed E-state index contributed by atoms with van der Waals surface area (Å²) in [7, 11) is 0. The highest BCUT2D eigenvalue weighted by molar-refractivity contribution is 5.94. The lowest BCUT2D eigenvalue weighted by atomic mass is 10.0. The highest BCUT2D eigenvalue weighted by atomic mass is 19.1. The van der Waals surface area contributed by atoms with Gasteiger partial charge in [-0.1, -0.05) is 40.7 Å². The number of hydrogen-bond acceptors (Lipinski definition) is 1. The Morgan fingerprint density at radius 1 is 1.24 bits per heavy atom. The molecule has 1 rings (SSSR count). The minimum atomic E-state index is -0.711. The van der Waals surface area contributed by atoms with Crippen LogP contribution >= 0.6 is 0 Å². The van der Waals surface area contributed by atoms with Crippen LogP contribution in [0.5, 0.6) is 0 Å². The SMILES string of the molecule is CC.CC.CCc1cc(C)c(C(N)=O)c(F)c1. The molecule has 17 heavy (non-hydrogen) atoms. The molecule has 2 N–H and O–H groups in total. The zero-order valence-corrected chi connectivity index (χ0v) is 11.7. The van der Waals surface area contributed by atoms with Crippen LogP contribution in [0.15, 0.2) is 12.1 Å². The Morgan fingerprint density at radius 2 is 1.71 bits per heavy atom. The Bertz CT molecular complexity index is 325. The Morgan fingerprint density at radius 3 is 2.00 bits per heavy atom. The van der Waals surface area contributed by atoms with Crippen molar-refractivity contribution < 1.29 is 9.18 Å². The van der Waals surface area contributed by atoms with Crippen molar-refractivity contribution in [2.45, 2.75) is 48.0 Å². The number of nitrogens with two attached hydrogens (primary N) is 1. The number of primary amides is 1. The molecule has 3 heteroatoms. The molecule has 0 radical (unpaired) electrons. The second-order valence-corrected chi connectivity index (χ2v) is 2.99. The summed E-state index contributed by atoms with van der Waals surface area (Å²) in [5, 5.41) is 0. The molecule has 1 aromatic carbocycles. The maximum atomic E-state index is 13.2. The normalized spacial score (nSPS) is 8.41. The summed E-state index contributed by atoms with van der Waals surface area (Å²) in [6.45, 7) is 11.6. The molecular weight excluding hydrogens is 217 g/mol. The molecule has 0 spiro atoms. The first kappa shape index (κ1) is 18.0. The van der Waals surface area contributed by atoms with Crippen molar-refractivity contribution in [1.82, 2.24) is 0 Å². The molecule has 0 aliphatic heterocycles. The predicted molar refractivity (Wildman–Crippen MR) is 71.7 cm³/mol. The van der Waals surface area contributed by atoms with Gasteiger partial charge >= 0.3 is 0 Å². The van der Waals surface area contributed by atoms with Crippen molar-refractivity contribution in [2.75, 3.05) is 0 Å². The van der Waals surface area contributed by atoms with Gasteiger partial charge in [-0.2, -0.15) is 0 Å². The Hall–Kier alpha value is -1.38. The number of halogens is 1. The highest BCUT2D eigenvalue weighted by Gasteiger charge is 2.12. The molecule has 0 saturated carbocycles. The second-order valence-electron chi connectivity index (χ2n) is 2.99. The zero-order chi connectivity index (χ0) is 14.0. The Labute approximate surface area is 104 Å². The molecule has 1 amide bonds. The first-order valence-electron chi connectivity index (χ1n) is 6.15. The quantitative estimate of drug-likeness (QED) is 0.839. The van der Waals surface area contributed by atoms with E-state index in [0.717, 1.165) is 12.0 Å². The summed E-state index contributed by atoms with van der Waals surface area (Å²) in [4.78, 5) is 10.8.